The molecule has 0 radical (unpaired) electrons. The van der Waals surface area contributed by atoms with E-state index in [9.17, 15) is 4.79 Å². The molecule has 1 rings (SSSR count). The van der Waals surface area contributed by atoms with E-state index in [1.165, 1.54) is 7.11 Å². The highest BCUT2D eigenvalue weighted by molar-refractivity contribution is 5.96. The van der Waals surface area contributed by atoms with Gasteiger partial charge in [-0.2, -0.15) is 0 Å². The SMILES string of the molecule is COC(=O)c1c(C)cccc1N.Cl. The third-order valence-corrected chi connectivity index (χ3v) is 1.69. The molecule has 0 aliphatic carbocycles. The standard InChI is InChI=1S/C9H11NO2.ClH/c1-6-4-3-5-7(10)8(6)9(11)12-2;/h3-5H,10H2,1-2H3;1H. The molecule has 0 aromatic heterocycles. The predicted octanol–water partition coefficient (Wildman–Crippen LogP) is 1.79. The van der Waals surface area contributed by atoms with Crippen LogP contribution in [0.1, 0.15) is 15.9 Å². The Labute approximate surface area is 83.3 Å². The van der Waals surface area contributed by atoms with E-state index in [4.69, 9.17) is 5.73 Å². The molecule has 0 aliphatic heterocycles. The fourth-order valence-electron chi connectivity index (χ4n) is 1.07. The number of rotatable bonds is 1. The third kappa shape index (κ3) is 2.36. The molecule has 0 unspecified atom stereocenters. The van der Waals surface area contributed by atoms with Gasteiger partial charge in [-0.1, -0.05) is 12.1 Å². The van der Waals surface area contributed by atoms with E-state index >= 15 is 0 Å². The number of nitrogens with two attached hydrogens (primary N) is 1. The van der Waals surface area contributed by atoms with E-state index in [2.05, 4.69) is 4.74 Å². The second kappa shape index (κ2) is 4.72. The fourth-order valence-corrected chi connectivity index (χ4v) is 1.07. The van der Waals surface area contributed by atoms with Gasteiger partial charge in [0.15, 0.2) is 0 Å². The number of hydrogen-bond donors (Lipinski definition) is 1. The van der Waals surface area contributed by atoms with Crippen molar-refractivity contribution in [3.05, 3.63) is 29.3 Å². The zero-order chi connectivity index (χ0) is 9.14. The first kappa shape index (κ1) is 11.8. The maximum atomic E-state index is 11.2. The van der Waals surface area contributed by atoms with Crippen LogP contribution < -0.4 is 5.73 Å². The summed E-state index contributed by atoms with van der Waals surface area (Å²) in [5.41, 5.74) is 7.35. The molecule has 0 saturated heterocycles. The Balaban J connectivity index is 0.00000144. The van der Waals surface area contributed by atoms with Crippen LogP contribution in [0.25, 0.3) is 0 Å². The quantitative estimate of drug-likeness (QED) is 0.557. The number of anilines is 1. The number of methoxy groups -OCH3 is 1. The molecule has 0 atom stereocenters. The second-order valence-corrected chi connectivity index (χ2v) is 2.53. The highest BCUT2D eigenvalue weighted by atomic mass is 35.5. The smallest absolute Gasteiger partial charge is 0.340 e. The van der Waals surface area contributed by atoms with E-state index in [-0.39, 0.29) is 18.4 Å². The first-order valence-electron chi connectivity index (χ1n) is 3.60. The maximum Gasteiger partial charge on any atom is 0.340 e. The molecule has 1 aromatic rings. The molecule has 0 aliphatic rings. The van der Waals surface area contributed by atoms with Crippen molar-refractivity contribution in [2.75, 3.05) is 12.8 Å². The van der Waals surface area contributed by atoms with Gasteiger partial charge in [0.2, 0.25) is 0 Å². The minimum atomic E-state index is -0.384. The lowest BCUT2D eigenvalue weighted by Crippen LogP contribution is -2.07. The zero-order valence-electron chi connectivity index (χ0n) is 7.53. The van der Waals surface area contributed by atoms with Crippen molar-refractivity contribution in [2.24, 2.45) is 0 Å². The molecule has 4 heteroatoms. The van der Waals surface area contributed by atoms with Gasteiger partial charge in [-0.15, -0.1) is 12.4 Å². The maximum absolute atomic E-state index is 11.2. The summed E-state index contributed by atoms with van der Waals surface area (Å²) in [4.78, 5) is 11.2. The van der Waals surface area contributed by atoms with Crippen LogP contribution in [0.2, 0.25) is 0 Å². The molecule has 0 heterocycles. The molecule has 3 nitrogen and oxygen atoms in total. The van der Waals surface area contributed by atoms with Gasteiger partial charge in [-0.3, -0.25) is 0 Å². The fraction of sp³-hybridized carbons (Fsp3) is 0.222. The normalized spacial score (nSPS) is 8.77. The largest absolute Gasteiger partial charge is 0.465 e. The summed E-state index contributed by atoms with van der Waals surface area (Å²) in [5.74, 6) is -0.384. The number of benzene rings is 1. The molecule has 2 N–H and O–H groups in total. The van der Waals surface area contributed by atoms with Crippen molar-refractivity contribution in [1.82, 2.24) is 0 Å². The molecule has 0 amide bonds. The highest BCUT2D eigenvalue weighted by Crippen LogP contribution is 2.16. The summed E-state index contributed by atoms with van der Waals surface area (Å²) < 4.78 is 4.58. The molecule has 0 bridgehead atoms. The Bertz CT molecular complexity index is 292. The Kier molecular flexibility index (Phi) is 4.28. The lowest BCUT2D eigenvalue weighted by atomic mass is 10.1. The van der Waals surface area contributed by atoms with E-state index in [1.54, 1.807) is 12.1 Å². The number of hydrogen-bond acceptors (Lipinski definition) is 3. The van der Waals surface area contributed by atoms with Gasteiger partial charge in [0.25, 0.3) is 0 Å². The van der Waals surface area contributed by atoms with Crippen molar-refractivity contribution in [1.29, 1.82) is 0 Å². The van der Waals surface area contributed by atoms with Crippen LogP contribution in [-0.4, -0.2) is 13.1 Å². The van der Waals surface area contributed by atoms with Crippen molar-refractivity contribution >= 4 is 24.1 Å². The van der Waals surface area contributed by atoms with Crippen LogP contribution in [0, 0.1) is 6.92 Å². The molecule has 72 valence electrons. The number of ether oxygens (including phenoxy) is 1. The summed E-state index contributed by atoms with van der Waals surface area (Å²) in [6, 6.07) is 5.30. The molecular formula is C9H12ClNO2. The van der Waals surface area contributed by atoms with E-state index in [0.29, 0.717) is 11.3 Å². The number of nitrogen functional groups attached to an aromatic ring is 1. The summed E-state index contributed by atoms with van der Waals surface area (Å²) in [7, 11) is 1.34. The van der Waals surface area contributed by atoms with Gasteiger partial charge in [0.1, 0.15) is 0 Å². The van der Waals surface area contributed by atoms with Crippen LogP contribution in [0.15, 0.2) is 18.2 Å². The van der Waals surface area contributed by atoms with Gasteiger partial charge >= 0.3 is 5.97 Å². The molecule has 0 fully saturated rings. The first-order chi connectivity index (χ1) is 5.66. The first-order valence-corrected chi connectivity index (χ1v) is 3.60. The average molecular weight is 202 g/mol. The van der Waals surface area contributed by atoms with Crippen LogP contribution in [0.3, 0.4) is 0 Å². The number of esters is 1. The Morgan fingerprint density at radius 1 is 1.46 bits per heavy atom. The summed E-state index contributed by atoms with van der Waals surface area (Å²) >= 11 is 0. The van der Waals surface area contributed by atoms with Gasteiger partial charge in [0.05, 0.1) is 12.7 Å². The topological polar surface area (TPSA) is 52.3 Å². The summed E-state index contributed by atoms with van der Waals surface area (Å²) in [5, 5.41) is 0. The van der Waals surface area contributed by atoms with E-state index in [0.717, 1.165) is 5.56 Å². The van der Waals surface area contributed by atoms with Gasteiger partial charge in [-0.05, 0) is 18.6 Å². The third-order valence-electron chi connectivity index (χ3n) is 1.69. The zero-order valence-corrected chi connectivity index (χ0v) is 8.35. The average Bonchev–Trinajstić information content (AvgIpc) is 2.03. The lowest BCUT2D eigenvalue weighted by molar-refractivity contribution is 0.0601. The van der Waals surface area contributed by atoms with E-state index in [1.807, 2.05) is 13.0 Å². The Hall–Kier alpha value is -1.22. The lowest BCUT2D eigenvalue weighted by Gasteiger charge is -2.05. The number of carbonyl (C=O) groups excluding carboxylic acids is 1. The molecule has 0 saturated carbocycles. The Morgan fingerprint density at radius 2 is 2.08 bits per heavy atom. The minimum absolute atomic E-state index is 0. The van der Waals surface area contributed by atoms with Crippen LogP contribution in [0.4, 0.5) is 5.69 Å². The van der Waals surface area contributed by atoms with Crippen molar-refractivity contribution in [2.45, 2.75) is 6.92 Å². The monoisotopic (exact) mass is 201 g/mol. The van der Waals surface area contributed by atoms with Crippen LogP contribution in [-0.2, 0) is 4.74 Å². The Morgan fingerprint density at radius 3 is 2.54 bits per heavy atom. The van der Waals surface area contributed by atoms with Crippen molar-refractivity contribution in [3.63, 3.8) is 0 Å². The van der Waals surface area contributed by atoms with Gasteiger partial charge < -0.3 is 10.5 Å². The van der Waals surface area contributed by atoms with Gasteiger partial charge in [0, 0.05) is 5.69 Å². The number of carbonyl (C=O) groups is 1. The van der Waals surface area contributed by atoms with Crippen LogP contribution >= 0.6 is 12.4 Å². The molecular weight excluding hydrogens is 190 g/mol. The molecule has 1 aromatic carbocycles. The van der Waals surface area contributed by atoms with Crippen molar-refractivity contribution in [3.8, 4) is 0 Å². The van der Waals surface area contributed by atoms with Gasteiger partial charge in [-0.25, -0.2) is 4.79 Å². The highest BCUT2D eigenvalue weighted by Gasteiger charge is 2.11. The summed E-state index contributed by atoms with van der Waals surface area (Å²) in [6.07, 6.45) is 0. The molecule has 13 heavy (non-hydrogen) atoms. The summed E-state index contributed by atoms with van der Waals surface area (Å²) in [6.45, 7) is 1.82. The number of halogens is 1. The van der Waals surface area contributed by atoms with Crippen LogP contribution in [0.5, 0.6) is 0 Å². The number of aryl methyl sites for hydroxylation is 1. The van der Waals surface area contributed by atoms with Crippen molar-refractivity contribution < 1.29 is 9.53 Å². The second-order valence-electron chi connectivity index (χ2n) is 2.53. The minimum Gasteiger partial charge on any atom is -0.465 e. The molecule has 0 spiro atoms. The van der Waals surface area contributed by atoms with E-state index < -0.39 is 0 Å². The predicted molar refractivity (Wildman–Crippen MR) is 54.2 cm³/mol.